The maximum absolute atomic E-state index is 13.4. The van der Waals surface area contributed by atoms with Crippen LogP contribution in [0.2, 0.25) is 0 Å². The fraction of sp³-hybridized carbons (Fsp3) is 0.294. The molecule has 6 heteroatoms. The van der Waals surface area contributed by atoms with Gasteiger partial charge < -0.3 is 10.2 Å². The second-order valence-electron chi connectivity index (χ2n) is 5.92. The van der Waals surface area contributed by atoms with Crippen molar-refractivity contribution in [3.05, 3.63) is 51.5 Å². The van der Waals surface area contributed by atoms with Gasteiger partial charge in [0, 0.05) is 30.1 Å². The topological polar surface area (TPSA) is 49.4 Å². The molecule has 0 unspecified atom stereocenters. The average Bonchev–Trinajstić information content (AvgIpc) is 3.00. The van der Waals surface area contributed by atoms with E-state index in [4.69, 9.17) is 0 Å². The van der Waals surface area contributed by atoms with Crippen molar-refractivity contribution in [3.8, 4) is 0 Å². The Hall–Kier alpha value is -2.21. The van der Waals surface area contributed by atoms with Crippen LogP contribution in [0.4, 0.5) is 10.1 Å². The number of hydrogen-bond acceptors (Lipinski definition) is 3. The minimum atomic E-state index is -0.528. The minimum Gasteiger partial charge on any atom is -0.337 e. The zero-order chi connectivity index (χ0) is 16.0. The monoisotopic (exact) mass is 330 g/mol. The van der Waals surface area contributed by atoms with Gasteiger partial charge in [-0.1, -0.05) is 6.07 Å². The van der Waals surface area contributed by atoms with Crippen LogP contribution in [0.5, 0.6) is 0 Å². The SMILES string of the molecule is O=C1C[C@@H](C(=O)N2CCc3sccc3C2)c2ccc(F)cc2N1. The number of benzene rings is 1. The zero-order valence-corrected chi connectivity index (χ0v) is 13.2. The van der Waals surface area contributed by atoms with Crippen LogP contribution in [0.25, 0.3) is 0 Å². The molecule has 0 saturated carbocycles. The molecule has 0 aliphatic carbocycles. The van der Waals surface area contributed by atoms with Gasteiger partial charge in [-0.3, -0.25) is 9.59 Å². The molecule has 23 heavy (non-hydrogen) atoms. The van der Waals surface area contributed by atoms with E-state index in [-0.39, 0.29) is 18.2 Å². The van der Waals surface area contributed by atoms with Crippen LogP contribution in [0, 0.1) is 5.82 Å². The molecule has 1 atom stereocenters. The van der Waals surface area contributed by atoms with E-state index in [0.717, 1.165) is 6.42 Å². The fourth-order valence-corrected chi connectivity index (χ4v) is 4.20. The molecule has 0 saturated heterocycles. The number of fused-ring (bicyclic) bond motifs is 2. The average molecular weight is 330 g/mol. The van der Waals surface area contributed by atoms with Crippen molar-refractivity contribution in [2.75, 3.05) is 11.9 Å². The summed E-state index contributed by atoms with van der Waals surface area (Å²) in [4.78, 5) is 28.0. The van der Waals surface area contributed by atoms with E-state index in [1.54, 1.807) is 17.4 Å². The Kier molecular flexibility index (Phi) is 3.41. The highest BCUT2D eigenvalue weighted by Crippen LogP contribution is 2.35. The van der Waals surface area contributed by atoms with Gasteiger partial charge in [0.15, 0.2) is 0 Å². The summed E-state index contributed by atoms with van der Waals surface area (Å²) >= 11 is 1.72. The van der Waals surface area contributed by atoms with Crippen molar-refractivity contribution < 1.29 is 14.0 Å². The molecular formula is C17H15FN2O2S. The Labute approximate surface area is 136 Å². The van der Waals surface area contributed by atoms with E-state index in [2.05, 4.69) is 11.4 Å². The van der Waals surface area contributed by atoms with Crippen molar-refractivity contribution in [1.29, 1.82) is 0 Å². The van der Waals surface area contributed by atoms with Gasteiger partial charge in [0.25, 0.3) is 0 Å². The lowest BCUT2D eigenvalue weighted by atomic mass is 9.88. The van der Waals surface area contributed by atoms with Gasteiger partial charge in [0.2, 0.25) is 11.8 Å². The van der Waals surface area contributed by atoms with E-state index in [1.807, 2.05) is 10.3 Å². The number of carbonyl (C=O) groups is 2. The molecule has 0 bridgehead atoms. The highest BCUT2D eigenvalue weighted by molar-refractivity contribution is 7.10. The van der Waals surface area contributed by atoms with Crippen LogP contribution in [0.1, 0.15) is 28.3 Å². The fourth-order valence-electron chi connectivity index (χ4n) is 3.31. The predicted molar refractivity (Wildman–Crippen MR) is 85.8 cm³/mol. The first-order valence-electron chi connectivity index (χ1n) is 7.55. The van der Waals surface area contributed by atoms with Crippen molar-refractivity contribution in [2.24, 2.45) is 0 Å². The number of thiophene rings is 1. The quantitative estimate of drug-likeness (QED) is 0.874. The first kappa shape index (κ1) is 14.4. The first-order valence-corrected chi connectivity index (χ1v) is 8.43. The van der Waals surface area contributed by atoms with Gasteiger partial charge in [0.1, 0.15) is 5.82 Å². The third-order valence-electron chi connectivity index (χ3n) is 4.47. The number of rotatable bonds is 1. The number of nitrogens with one attached hydrogen (secondary N) is 1. The molecule has 1 aromatic carbocycles. The van der Waals surface area contributed by atoms with Gasteiger partial charge in [0.05, 0.1) is 5.92 Å². The minimum absolute atomic E-state index is 0.0513. The van der Waals surface area contributed by atoms with E-state index in [1.165, 1.54) is 22.6 Å². The summed E-state index contributed by atoms with van der Waals surface area (Å²) in [6, 6.07) is 6.27. The maximum atomic E-state index is 13.4. The molecule has 0 radical (unpaired) electrons. The lowest BCUT2D eigenvalue weighted by molar-refractivity contribution is -0.135. The van der Waals surface area contributed by atoms with E-state index in [0.29, 0.717) is 24.3 Å². The molecule has 4 rings (SSSR count). The summed E-state index contributed by atoms with van der Waals surface area (Å²) < 4.78 is 13.4. The molecule has 118 valence electrons. The van der Waals surface area contributed by atoms with Gasteiger partial charge in [-0.2, -0.15) is 0 Å². The van der Waals surface area contributed by atoms with Crippen LogP contribution in [-0.2, 0) is 22.6 Å². The molecule has 3 heterocycles. The zero-order valence-electron chi connectivity index (χ0n) is 12.3. The van der Waals surface area contributed by atoms with Gasteiger partial charge >= 0.3 is 0 Å². The van der Waals surface area contributed by atoms with E-state index < -0.39 is 11.7 Å². The number of halogens is 1. The van der Waals surface area contributed by atoms with Gasteiger partial charge in [-0.25, -0.2) is 4.39 Å². The molecule has 1 N–H and O–H groups in total. The largest absolute Gasteiger partial charge is 0.337 e. The third-order valence-corrected chi connectivity index (χ3v) is 5.49. The Bertz CT molecular complexity index is 802. The van der Waals surface area contributed by atoms with E-state index >= 15 is 0 Å². The number of carbonyl (C=O) groups excluding carboxylic acids is 2. The molecule has 0 fully saturated rings. The normalized spacial score (nSPS) is 19.8. The summed E-state index contributed by atoms with van der Waals surface area (Å²) in [5.74, 6) is -1.24. The van der Waals surface area contributed by atoms with Crippen LogP contribution < -0.4 is 5.32 Å². The Balaban J connectivity index is 1.63. The lowest BCUT2D eigenvalue weighted by Crippen LogP contribution is -2.41. The molecule has 0 spiro atoms. The second-order valence-corrected chi connectivity index (χ2v) is 6.92. The van der Waals surface area contributed by atoms with Crippen molar-refractivity contribution >= 4 is 28.8 Å². The summed E-state index contributed by atoms with van der Waals surface area (Å²) in [6.07, 6.45) is 0.971. The molecule has 4 nitrogen and oxygen atoms in total. The molecule has 2 aliphatic rings. The first-order chi connectivity index (χ1) is 11.1. The van der Waals surface area contributed by atoms with Crippen LogP contribution in [0.15, 0.2) is 29.6 Å². The number of anilines is 1. The smallest absolute Gasteiger partial charge is 0.231 e. The van der Waals surface area contributed by atoms with Crippen LogP contribution in [0.3, 0.4) is 0 Å². The highest BCUT2D eigenvalue weighted by Gasteiger charge is 2.34. The number of nitrogens with zero attached hydrogens (tertiary/aromatic N) is 1. The van der Waals surface area contributed by atoms with Gasteiger partial charge in [-0.15, -0.1) is 11.3 Å². The van der Waals surface area contributed by atoms with E-state index in [9.17, 15) is 14.0 Å². The predicted octanol–water partition coefficient (Wildman–Crippen LogP) is 2.90. The van der Waals surface area contributed by atoms with Crippen molar-refractivity contribution in [3.63, 3.8) is 0 Å². The molecule has 2 aliphatic heterocycles. The van der Waals surface area contributed by atoms with Crippen molar-refractivity contribution in [1.82, 2.24) is 4.90 Å². The van der Waals surface area contributed by atoms with Gasteiger partial charge in [-0.05, 0) is 41.1 Å². The molecule has 1 aromatic heterocycles. The summed E-state index contributed by atoms with van der Waals surface area (Å²) in [7, 11) is 0. The Morgan fingerprint density at radius 3 is 3.09 bits per heavy atom. The van der Waals surface area contributed by atoms with Crippen molar-refractivity contribution in [2.45, 2.75) is 25.3 Å². The van der Waals surface area contributed by atoms with Crippen LogP contribution >= 0.6 is 11.3 Å². The third kappa shape index (κ3) is 2.53. The maximum Gasteiger partial charge on any atom is 0.231 e. The Morgan fingerprint density at radius 2 is 2.22 bits per heavy atom. The molecule has 2 aromatic rings. The number of hydrogen-bond donors (Lipinski definition) is 1. The second kappa shape index (κ2) is 5.45. The molecular weight excluding hydrogens is 315 g/mol. The standard InChI is InChI=1S/C17H15FN2O2S/c18-11-1-2-12-13(8-16(21)19-14(12)7-11)17(22)20-5-3-15-10(9-20)4-6-23-15/h1-2,4,6-7,13H,3,5,8-9H2,(H,19,21)/t13-/m1/s1. The number of amides is 2. The Morgan fingerprint density at radius 1 is 1.35 bits per heavy atom. The highest BCUT2D eigenvalue weighted by atomic mass is 32.1. The molecule has 2 amide bonds. The van der Waals surface area contributed by atoms with Crippen LogP contribution in [-0.4, -0.2) is 23.3 Å². The summed E-state index contributed by atoms with van der Waals surface area (Å²) in [5, 5.41) is 4.70. The lowest BCUT2D eigenvalue weighted by Gasteiger charge is -2.33. The summed E-state index contributed by atoms with van der Waals surface area (Å²) in [5.41, 5.74) is 2.30. The summed E-state index contributed by atoms with van der Waals surface area (Å²) in [6.45, 7) is 1.26.